The van der Waals surface area contributed by atoms with Gasteiger partial charge in [-0.15, -0.1) is 0 Å². The van der Waals surface area contributed by atoms with Crippen molar-refractivity contribution in [2.45, 2.75) is 43.9 Å². The second-order valence-electron chi connectivity index (χ2n) is 7.25. The minimum atomic E-state index is -4.52. The maximum atomic E-state index is 13.7. The van der Waals surface area contributed by atoms with Gasteiger partial charge >= 0.3 is 6.18 Å². The van der Waals surface area contributed by atoms with E-state index in [0.29, 0.717) is 18.7 Å². The number of halogens is 4. The standard InChI is InChI=1S/C19H20F4N4O/c20-13-6-4-12(5-7-13)14-10-16(19(21,22)23)27-17(24-14)11-15(25-27)18(28)26-8-2-1-3-9-26/h4-7,11,14,16,24H,1-3,8-10H2/t14-,16+/m0/s1. The van der Waals surface area contributed by atoms with Gasteiger partial charge in [0, 0.05) is 25.6 Å². The van der Waals surface area contributed by atoms with Crippen LogP contribution in [0.2, 0.25) is 0 Å². The molecule has 1 saturated heterocycles. The molecule has 150 valence electrons. The number of carbonyl (C=O) groups is 1. The number of anilines is 1. The fraction of sp³-hybridized carbons (Fsp3) is 0.474. The summed E-state index contributed by atoms with van der Waals surface area (Å²) in [4.78, 5) is 14.3. The van der Waals surface area contributed by atoms with Crippen molar-refractivity contribution in [1.82, 2.24) is 14.7 Å². The van der Waals surface area contributed by atoms with Crippen molar-refractivity contribution in [3.05, 3.63) is 47.4 Å². The van der Waals surface area contributed by atoms with Gasteiger partial charge in [0.1, 0.15) is 11.6 Å². The molecule has 3 heterocycles. The third kappa shape index (κ3) is 3.57. The molecule has 0 radical (unpaired) electrons. The van der Waals surface area contributed by atoms with Gasteiger partial charge in [-0.1, -0.05) is 12.1 Å². The van der Waals surface area contributed by atoms with Gasteiger partial charge in [-0.25, -0.2) is 9.07 Å². The van der Waals surface area contributed by atoms with Gasteiger partial charge in [-0.05, 0) is 37.0 Å². The SMILES string of the molecule is O=C(c1cc2n(n1)[C@@H](C(F)(F)F)C[C@@H](c1ccc(F)cc1)N2)N1CCCCC1. The summed E-state index contributed by atoms with van der Waals surface area (Å²) >= 11 is 0. The molecule has 1 amide bonds. The summed E-state index contributed by atoms with van der Waals surface area (Å²) in [5, 5.41) is 7.02. The zero-order valence-electron chi connectivity index (χ0n) is 15.0. The van der Waals surface area contributed by atoms with E-state index in [4.69, 9.17) is 0 Å². The van der Waals surface area contributed by atoms with Crippen LogP contribution in [0.15, 0.2) is 30.3 Å². The molecule has 4 rings (SSSR count). The van der Waals surface area contributed by atoms with Gasteiger partial charge in [0.2, 0.25) is 0 Å². The lowest BCUT2D eigenvalue weighted by Gasteiger charge is -2.33. The van der Waals surface area contributed by atoms with Gasteiger partial charge in [-0.3, -0.25) is 4.79 Å². The van der Waals surface area contributed by atoms with Crippen molar-refractivity contribution in [1.29, 1.82) is 0 Å². The Morgan fingerprint density at radius 2 is 1.79 bits per heavy atom. The van der Waals surface area contributed by atoms with E-state index in [9.17, 15) is 22.4 Å². The monoisotopic (exact) mass is 396 g/mol. The average Bonchev–Trinajstić information content (AvgIpc) is 3.11. The molecule has 2 aliphatic heterocycles. The van der Waals surface area contributed by atoms with Crippen LogP contribution in [-0.4, -0.2) is 39.9 Å². The second kappa shape index (κ2) is 7.10. The Morgan fingerprint density at radius 3 is 2.43 bits per heavy atom. The fourth-order valence-electron chi connectivity index (χ4n) is 3.85. The molecule has 2 atom stereocenters. The highest BCUT2D eigenvalue weighted by atomic mass is 19.4. The molecule has 28 heavy (non-hydrogen) atoms. The summed E-state index contributed by atoms with van der Waals surface area (Å²) in [6.07, 6.45) is -2.00. The van der Waals surface area contributed by atoms with Gasteiger partial charge in [0.15, 0.2) is 11.7 Å². The molecule has 0 spiro atoms. The zero-order valence-corrected chi connectivity index (χ0v) is 15.0. The lowest BCUT2D eigenvalue weighted by Crippen LogP contribution is -2.37. The number of rotatable bonds is 2. The van der Waals surface area contributed by atoms with Crippen LogP contribution in [0.5, 0.6) is 0 Å². The maximum absolute atomic E-state index is 13.7. The number of nitrogens with zero attached hydrogens (tertiary/aromatic N) is 3. The van der Waals surface area contributed by atoms with Crippen molar-refractivity contribution in [2.24, 2.45) is 0 Å². The molecule has 0 saturated carbocycles. The van der Waals surface area contributed by atoms with Crippen molar-refractivity contribution in [3.63, 3.8) is 0 Å². The number of fused-ring (bicyclic) bond motifs is 1. The van der Waals surface area contributed by atoms with E-state index in [1.54, 1.807) is 4.90 Å². The Bertz CT molecular complexity index is 856. The molecule has 5 nitrogen and oxygen atoms in total. The van der Waals surface area contributed by atoms with E-state index in [1.165, 1.54) is 30.3 Å². The summed E-state index contributed by atoms with van der Waals surface area (Å²) in [6, 6.07) is 4.23. The smallest absolute Gasteiger partial charge is 0.363 e. The molecule has 0 aliphatic carbocycles. The van der Waals surface area contributed by atoms with Crippen LogP contribution in [0.1, 0.15) is 53.8 Å². The zero-order chi connectivity index (χ0) is 19.9. The topological polar surface area (TPSA) is 50.2 Å². The van der Waals surface area contributed by atoms with Crippen LogP contribution in [0.3, 0.4) is 0 Å². The third-order valence-electron chi connectivity index (χ3n) is 5.32. The van der Waals surface area contributed by atoms with Crippen molar-refractivity contribution < 1.29 is 22.4 Å². The minimum absolute atomic E-state index is 0.0124. The van der Waals surface area contributed by atoms with Gasteiger partial charge in [0.25, 0.3) is 5.91 Å². The van der Waals surface area contributed by atoms with E-state index in [2.05, 4.69) is 10.4 Å². The van der Waals surface area contributed by atoms with Crippen LogP contribution >= 0.6 is 0 Å². The number of piperidine rings is 1. The number of nitrogens with one attached hydrogen (secondary N) is 1. The molecule has 9 heteroatoms. The summed E-state index contributed by atoms with van der Waals surface area (Å²) in [7, 11) is 0. The Kier molecular flexibility index (Phi) is 4.76. The van der Waals surface area contributed by atoms with E-state index in [1.807, 2.05) is 0 Å². The minimum Gasteiger partial charge on any atom is -0.363 e. The first kappa shape index (κ1) is 18.8. The van der Waals surface area contributed by atoms with Crippen LogP contribution in [-0.2, 0) is 0 Å². The number of aromatic nitrogens is 2. The largest absolute Gasteiger partial charge is 0.410 e. The Morgan fingerprint density at radius 1 is 1.11 bits per heavy atom. The Labute approximate surface area is 159 Å². The summed E-state index contributed by atoms with van der Waals surface area (Å²) in [6.45, 7) is 1.19. The average molecular weight is 396 g/mol. The molecular weight excluding hydrogens is 376 g/mol. The Hall–Kier alpha value is -2.58. The van der Waals surface area contributed by atoms with E-state index < -0.39 is 24.1 Å². The molecule has 0 bridgehead atoms. The predicted octanol–water partition coefficient (Wildman–Crippen LogP) is 4.31. The summed E-state index contributed by atoms with van der Waals surface area (Å²) in [5.74, 6) is -0.655. The number of hydrogen-bond acceptors (Lipinski definition) is 3. The molecule has 1 N–H and O–H groups in total. The highest BCUT2D eigenvalue weighted by Gasteiger charge is 2.47. The van der Waals surface area contributed by atoms with Gasteiger partial charge < -0.3 is 10.2 Å². The van der Waals surface area contributed by atoms with Crippen molar-refractivity contribution in [3.8, 4) is 0 Å². The lowest BCUT2D eigenvalue weighted by molar-refractivity contribution is -0.173. The highest BCUT2D eigenvalue weighted by Crippen LogP contribution is 2.43. The number of carbonyl (C=O) groups excluding carboxylic acids is 1. The molecule has 2 aromatic rings. The summed E-state index contributed by atoms with van der Waals surface area (Å²) < 4.78 is 55.1. The molecule has 1 aromatic carbocycles. The van der Waals surface area contributed by atoms with Gasteiger partial charge in [0.05, 0.1) is 6.04 Å². The number of likely N-dealkylation sites (tertiary alicyclic amines) is 1. The molecule has 1 aromatic heterocycles. The lowest BCUT2D eigenvalue weighted by atomic mass is 9.97. The highest BCUT2D eigenvalue weighted by molar-refractivity contribution is 5.93. The number of hydrogen-bond donors (Lipinski definition) is 1. The number of alkyl halides is 3. The summed E-state index contributed by atoms with van der Waals surface area (Å²) in [5.41, 5.74) is 0.561. The van der Waals surface area contributed by atoms with E-state index in [-0.39, 0.29) is 23.8 Å². The molecule has 1 fully saturated rings. The van der Waals surface area contributed by atoms with Crippen LogP contribution in [0.25, 0.3) is 0 Å². The van der Waals surface area contributed by atoms with E-state index >= 15 is 0 Å². The van der Waals surface area contributed by atoms with Gasteiger partial charge in [-0.2, -0.15) is 18.3 Å². The molecule has 2 aliphatic rings. The maximum Gasteiger partial charge on any atom is 0.410 e. The first-order valence-electron chi connectivity index (χ1n) is 9.30. The van der Waals surface area contributed by atoms with Crippen molar-refractivity contribution >= 4 is 11.7 Å². The molecular formula is C19H20F4N4O. The number of benzene rings is 1. The predicted molar refractivity (Wildman–Crippen MR) is 94.5 cm³/mol. The van der Waals surface area contributed by atoms with Crippen molar-refractivity contribution in [2.75, 3.05) is 18.4 Å². The normalized spacial score (nSPS) is 22.5. The first-order chi connectivity index (χ1) is 13.3. The first-order valence-corrected chi connectivity index (χ1v) is 9.30. The molecule has 0 unspecified atom stereocenters. The van der Waals surface area contributed by atoms with Crippen LogP contribution in [0.4, 0.5) is 23.4 Å². The van der Waals surface area contributed by atoms with Crippen LogP contribution in [0, 0.1) is 5.82 Å². The third-order valence-corrected chi connectivity index (χ3v) is 5.32. The quantitative estimate of drug-likeness (QED) is 0.770. The Balaban J connectivity index is 1.65. The number of amides is 1. The fourth-order valence-corrected chi connectivity index (χ4v) is 3.85. The van der Waals surface area contributed by atoms with Crippen LogP contribution < -0.4 is 5.32 Å². The second-order valence-corrected chi connectivity index (χ2v) is 7.25. The van der Waals surface area contributed by atoms with E-state index in [0.717, 1.165) is 23.9 Å².